The van der Waals surface area contributed by atoms with Crippen LogP contribution in [0.4, 0.5) is 5.69 Å². The second kappa shape index (κ2) is 6.93. The monoisotopic (exact) mass is 329 g/mol. The Kier molecular flexibility index (Phi) is 4.97. The average molecular weight is 330 g/mol. The Hall–Kier alpha value is -2.87. The van der Waals surface area contributed by atoms with Gasteiger partial charge in [0.25, 0.3) is 5.91 Å². The van der Waals surface area contributed by atoms with E-state index in [1.807, 2.05) is 12.1 Å². The summed E-state index contributed by atoms with van der Waals surface area (Å²) in [5.41, 5.74) is 1.60. The number of amides is 1. The molecule has 2 N–H and O–H groups in total. The second-order valence-corrected chi connectivity index (χ2v) is 5.16. The summed E-state index contributed by atoms with van der Waals surface area (Å²) in [6, 6.07) is 6.89. The van der Waals surface area contributed by atoms with E-state index in [4.69, 9.17) is 22.1 Å². The summed E-state index contributed by atoms with van der Waals surface area (Å²) in [7, 11) is 0. The van der Waals surface area contributed by atoms with Gasteiger partial charge in [0.15, 0.2) is 6.10 Å². The Balaban J connectivity index is 2.08. The van der Waals surface area contributed by atoms with Crippen LogP contribution in [-0.4, -0.2) is 26.9 Å². The minimum Gasteiger partial charge on any atom is -0.381 e. The zero-order chi connectivity index (χ0) is 17.0. The van der Waals surface area contributed by atoms with Gasteiger partial charge in [-0.05, 0) is 24.6 Å². The first-order chi connectivity index (χ1) is 11.0. The first-order valence-corrected chi connectivity index (χ1v) is 6.94. The maximum absolute atomic E-state index is 12.0. The maximum atomic E-state index is 12.0. The molecule has 2 rings (SSSR count). The van der Waals surface area contributed by atoms with Crippen molar-refractivity contribution >= 4 is 23.2 Å². The standard InChI is InChI=1S/C15H12ClN5O2/c1-9-12(3-2-11(5-18)14(9)16)20-15(23)13(22)8-21-7-10(4-17)6-19-21/h2-3,6-7,13,22H,8H2,1H3,(H,20,23). The maximum Gasteiger partial charge on any atom is 0.255 e. The molecular formula is C15H12ClN5O2. The van der Waals surface area contributed by atoms with Crippen LogP contribution in [-0.2, 0) is 11.3 Å². The summed E-state index contributed by atoms with van der Waals surface area (Å²) in [4.78, 5) is 12.0. The van der Waals surface area contributed by atoms with E-state index in [0.29, 0.717) is 22.4 Å². The summed E-state index contributed by atoms with van der Waals surface area (Å²) in [6.07, 6.45) is 1.42. The Morgan fingerprint density at radius 2 is 2.22 bits per heavy atom. The predicted molar refractivity (Wildman–Crippen MR) is 82.5 cm³/mol. The third-order valence-electron chi connectivity index (χ3n) is 3.19. The fraction of sp³-hybridized carbons (Fsp3) is 0.200. The van der Waals surface area contributed by atoms with Gasteiger partial charge in [0.1, 0.15) is 12.1 Å². The normalized spacial score (nSPS) is 11.3. The molecular weight excluding hydrogens is 318 g/mol. The van der Waals surface area contributed by atoms with Crippen molar-refractivity contribution in [2.24, 2.45) is 0 Å². The lowest BCUT2D eigenvalue weighted by atomic mass is 10.1. The number of rotatable bonds is 4. The van der Waals surface area contributed by atoms with Crippen LogP contribution >= 0.6 is 11.6 Å². The molecule has 1 aromatic carbocycles. The molecule has 116 valence electrons. The summed E-state index contributed by atoms with van der Waals surface area (Å²) in [6.45, 7) is 1.58. The van der Waals surface area contributed by atoms with Gasteiger partial charge < -0.3 is 10.4 Å². The molecule has 2 aromatic rings. The molecule has 0 spiro atoms. The van der Waals surface area contributed by atoms with Crippen molar-refractivity contribution in [1.29, 1.82) is 10.5 Å². The van der Waals surface area contributed by atoms with E-state index in [1.54, 1.807) is 13.0 Å². The van der Waals surface area contributed by atoms with Gasteiger partial charge in [-0.25, -0.2) is 0 Å². The van der Waals surface area contributed by atoms with Gasteiger partial charge >= 0.3 is 0 Å². The summed E-state index contributed by atoms with van der Waals surface area (Å²) < 4.78 is 1.31. The Bertz CT molecular complexity index is 831. The number of nitrogens with one attached hydrogen (secondary N) is 1. The minimum absolute atomic E-state index is 0.0867. The van der Waals surface area contributed by atoms with Gasteiger partial charge in [0, 0.05) is 11.9 Å². The molecule has 1 heterocycles. The van der Waals surface area contributed by atoms with E-state index in [9.17, 15) is 9.90 Å². The molecule has 0 aliphatic carbocycles. The summed E-state index contributed by atoms with van der Waals surface area (Å²) >= 11 is 6.03. The number of carbonyl (C=O) groups excluding carboxylic acids is 1. The molecule has 1 unspecified atom stereocenters. The van der Waals surface area contributed by atoms with Gasteiger partial charge in [0.05, 0.1) is 28.9 Å². The highest BCUT2D eigenvalue weighted by atomic mass is 35.5. The number of hydrogen-bond donors (Lipinski definition) is 2. The number of nitriles is 2. The number of benzene rings is 1. The number of nitrogens with zero attached hydrogens (tertiary/aromatic N) is 4. The van der Waals surface area contributed by atoms with Gasteiger partial charge in [-0.2, -0.15) is 15.6 Å². The third-order valence-corrected chi connectivity index (χ3v) is 3.68. The number of aliphatic hydroxyl groups is 1. The van der Waals surface area contributed by atoms with Crippen LogP contribution < -0.4 is 5.32 Å². The number of hydrogen-bond acceptors (Lipinski definition) is 5. The SMILES string of the molecule is Cc1c(NC(=O)C(O)Cn2cc(C#N)cn2)ccc(C#N)c1Cl. The Morgan fingerprint density at radius 1 is 1.48 bits per heavy atom. The quantitative estimate of drug-likeness (QED) is 0.883. The topological polar surface area (TPSA) is 115 Å². The summed E-state index contributed by atoms with van der Waals surface area (Å²) in [5, 5.41) is 34.2. The van der Waals surface area contributed by atoms with Crippen LogP contribution in [0.3, 0.4) is 0 Å². The molecule has 1 amide bonds. The molecule has 0 aliphatic rings. The molecule has 1 aromatic heterocycles. The number of carbonyl (C=O) groups is 1. The van der Waals surface area contributed by atoms with Crippen LogP contribution in [0.2, 0.25) is 5.02 Å². The zero-order valence-corrected chi connectivity index (χ0v) is 12.9. The molecule has 0 radical (unpaired) electrons. The highest BCUT2D eigenvalue weighted by Gasteiger charge is 2.18. The van der Waals surface area contributed by atoms with E-state index in [-0.39, 0.29) is 11.6 Å². The summed E-state index contributed by atoms with van der Waals surface area (Å²) in [5.74, 6) is -0.636. The highest BCUT2D eigenvalue weighted by Crippen LogP contribution is 2.27. The first-order valence-electron chi connectivity index (χ1n) is 6.57. The van der Waals surface area contributed by atoms with Crippen LogP contribution in [0.5, 0.6) is 0 Å². The lowest BCUT2D eigenvalue weighted by Gasteiger charge is -2.14. The van der Waals surface area contributed by atoms with Crippen molar-refractivity contribution < 1.29 is 9.90 Å². The van der Waals surface area contributed by atoms with Crippen LogP contribution in [0.1, 0.15) is 16.7 Å². The molecule has 0 fully saturated rings. The average Bonchev–Trinajstić information content (AvgIpc) is 2.99. The first kappa shape index (κ1) is 16.5. The Labute approximate surface area is 137 Å². The fourth-order valence-electron chi connectivity index (χ4n) is 1.90. The molecule has 0 saturated heterocycles. The molecule has 0 aliphatic heterocycles. The van der Waals surface area contributed by atoms with Gasteiger partial charge in [-0.3, -0.25) is 9.48 Å². The predicted octanol–water partition coefficient (Wildman–Crippen LogP) is 1.59. The van der Waals surface area contributed by atoms with Crippen molar-refractivity contribution in [2.75, 3.05) is 5.32 Å². The second-order valence-electron chi connectivity index (χ2n) is 4.78. The number of aromatic nitrogens is 2. The van der Waals surface area contributed by atoms with Gasteiger partial charge in [-0.1, -0.05) is 11.6 Å². The number of aliphatic hydroxyl groups excluding tert-OH is 1. The molecule has 8 heteroatoms. The molecule has 7 nitrogen and oxygen atoms in total. The minimum atomic E-state index is -1.35. The van der Waals surface area contributed by atoms with E-state index >= 15 is 0 Å². The van der Waals surface area contributed by atoms with Crippen molar-refractivity contribution in [3.8, 4) is 12.1 Å². The molecule has 0 bridgehead atoms. The zero-order valence-electron chi connectivity index (χ0n) is 12.1. The van der Waals surface area contributed by atoms with Crippen molar-refractivity contribution in [2.45, 2.75) is 19.6 Å². The van der Waals surface area contributed by atoms with Crippen molar-refractivity contribution in [3.05, 3.63) is 46.2 Å². The van der Waals surface area contributed by atoms with Crippen LogP contribution in [0.25, 0.3) is 0 Å². The van der Waals surface area contributed by atoms with E-state index in [0.717, 1.165) is 0 Å². The van der Waals surface area contributed by atoms with Gasteiger partial charge in [-0.15, -0.1) is 0 Å². The number of halogens is 1. The highest BCUT2D eigenvalue weighted by molar-refractivity contribution is 6.33. The molecule has 0 saturated carbocycles. The molecule has 1 atom stereocenters. The van der Waals surface area contributed by atoms with Crippen LogP contribution in [0, 0.1) is 29.6 Å². The third kappa shape index (κ3) is 3.67. The smallest absolute Gasteiger partial charge is 0.255 e. The molecule has 23 heavy (non-hydrogen) atoms. The van der Waals surface area contributed by atoms with Crippen molar-refractivity contribution in [1.82, 2.24) is 9.78 Å². The van der Waals surface area contributed by atoms with E-state index < -0.39 is 12.0 Å². The van der Waals surface area contributed by atoms with Crippen LogP contribution in [0.15, 0.2) is 24.5 Å². The Morgan fingerprint density at radius 3 is 2.83 bits per heavy atom. The lowest BCUT2D eigenvalue weighted by molar-refractivity contribution is -0.124. The van der Waals surface area contributed by atoms with Crippen molar-refractivity contribution in [3.63, 3.8) is 0 Å². The largest absolute Gasteiger partial charge is 0.381 e. The van der Waals surface area contributed by atoms with E-state index in [1.165, 1.54) is 23.1 Å². The number of anilines is 1. The van der Waals surface area contributed by atoms with Gasteiger partial charge in [0.2, 0.25) is 0 Å². The fourth-order valence-corrected chi connectivity index (χ4v) is 2.11. The lowest BCUT2D eigenvalue weighted by Crippen LogP contribution is -2.32. The van der Waals surface area contributed by atoms with E-state index in [2.05, 4.69) is 10.4 Å².